The van der Waals surface area contributed by atoms with Crippen molar-refractivity contribution >= 4 is 15.7 Å². The second kappa shape index (κ2) is 7.66. The van der Waals surface area contributed by atoms with Crippen LogP contribution >= 0.6 is 0 Å². The fourth-order valence-electron chi connectivity index (χ4n) is 3.05. The second-order valence-corrected chi connectivity index (χ2v) is 9.00. The number of sulfone groups is 1. The molecule has 0 unspecified atom stereocenters. The summed E-state index contributed by atoms with van der Waals surface area (Å²) in [6.45, 7) is 4.69. The van der Waals surface area contributed by atoms with E-state index in [1.807, 2.05) is 18.9 Å². The molecule has 0 bridgehead atoms. The predicted molar refractivity (Wildman–Crippen MR) is 96.6 cm³/mol. The first-order valence-corrected chi connectivity index (χ1v) is 10.3. The zero-order valence-corrected chi connectivity index (χ0v) is 15.8. The van der Waals surface area contributed by atoms with E-state index in [0.29, 0.717) is 13.0 Å². The smallest absolute Gasteiger partial charge is 0.239 e. The highest BCUT2D eigenvalue weighted by Gasteiger charge is 2.34. The van der Waals surface area contributed by atoms with Crippen molar-refractivity contribution in [2.75, 3.05) is 25.6 Å². The van der Waals surface area contributed by atoms with Crippen LogP contribution in [-0.2, 0) is 27.6 Å². The minimum Gasteiger partial charge on any atom is -0.340 e. The quantitative estimate of drug-likeness (QED) is 0.782. The number of amides is 1. The van der Waals surface area contributed by atoms with Gasteiger partial charge in [-0.15, -0.1) is 0 Å². The van der Waals surface area contributed by atoms with E-state index >= 15 is 0 Å². The molecule has 0 aliphatic carbocycles. The number of nitrogens with zero attached hydrogens (tertiary/aromatic N) is 2. The molecular weight excluding hydrogens is 324 g/mol. The SMILES string of the molecule is CCc1ccc(CN(C)[C@@H](C)C(=O)N(C)[C@@H]2CCS(=O)(=O)C2)cc1. The van der Waals surface area contributed by atoms with Crippen molar-refractivity contribution in [1.29, 1.82) is 0 Å². The third-order valence-corrected chi connectivity index (χ3v) is 6.74. The molecule has 1 fully saturated rings. The number of benzene rings is 1. The Morgan fingerprint density at radius 1 is 1.21 bits per heavy atom. The van der Waals surface area contributed by atoms with Crippen molar-refractivity contribution in [2.45, 2.75) is 45.3 Å². The molecule has 134 valence electrons. The van der Waals surface area contributed by atoms with Crippen LogP contribution in [0.5, 0.6) is 0 Å². The molecule has 5 nitrogen and oxygen atoms in total. The van der Waals surface area contributed by atoms with Crippen LogP contribution in [0.1, 0.15) is 31.4 Å². The molecule has 0 N–H and O–H groups in total. The number of carbonyl (C=O) groups excluding carboxylic acids is 1. The molecule has 1 aliphatic heterocycles. The summed E-state index contributed by atoms with van der Waals surface area (Å²) in [5.74, 6) is 0.248. The van der Waals surface area contributed by atoms with Crippen LogP contribution in [0.15, 0.2) is 24.3 Å². The van der Waals surface area contributed by atoms with Crippen LogP contribution in [0, 0.1) is 0 Å². The Hall–Kier alpha value is -1.40. The number of carbonyl (C=O) groups is 1. The van der Waals surface area contributed by atoms with Gasteiger partial charge < -0.3 is 4.90 Å². The van der Waals surface area contributed by atoms with E-state index in [2.05, 4.69) is 31.2 Å². The number of hydrogen-bond acceptors (Lipinski definition) is 4. The van der Waals surface area contributed by atoms with Gasteiger partial charge in [0.2, 0.25) is 5.91 Å². The molecule has 0 spiro atoms. The average Bonchev–Trinajstić information content (AvgIpc) is 2.93. The first kappa shape index (κ1) is 18.9. The fourth-order valence-corrected chi connectivity index (χ4v) is 4.82. The fraction of sp³-hybridized carbons (Fsp3) is 0.611. The van der Waals surface area contributed by atoms with Crippen LogP contribution in [0.4, 0.5) is 0 Å². The molecule has 1 aliphatic rings. The summed E-state index contributed by atoms with van der Waals surface area (Å²) in [6.07, 6.45) is 1.56. The molecule has 1 saturated heterocycles. The topological polar surface area (TPSA) is 57.7 Å². The largest absolute Gasteiger partial charge is 0.340 e. The van der Waals surface area contributed by atoms with Crippen molar-refractivity contribution in [2.24, 2.45) is 0 Å². The third-order valence-electron chi connectivity index (χ3n) is 4.99. The van der Waals surface area contributed by atoms with Gasteiger partial charge in [-0.2, -0.15) is 0 Å². The maximum atomic E-state index is 12.7. The summed E-state index contributed by atoms with van der Waals surface area (Å²) < 4.78 is 23.2. The number of hydrogen-bond donors (Lipinski definition) is 0. The Bertz CT molecular complexity index is 670. The van der Waals surface area contributed by atoms with Crippen molar-refractivity contribution in [1.82, 2.24) is 9.80 Å². The lowest BCUT2D eigenvalue weighted by Crippen LogP contribution is -2.48. The minimum atomic E-state index is -2.98. The Balaban J connectivity index is 1.95. The molecule has 0 radical (unpaired) electrons. The molecule has 2 rings (SSSR count). The van der Waals surface area contributed by atoms with Crippen molar-refractivity contribution in [3.63, 3.8) is 0 Å². The molecule has 0 aromatic heterocycles. The molecule has 6 heteroatoms. The van der Waals surface area contributed by atoms with E-state index in [0.717, 1.165) is 6.42 Å². The molecule has 1 aromatic carbocycles. The zero-order chi connectivity index (χ0) is 17.9. The van der Waals surface area contributed by atoms with E-state index < -0.39 is 9.84 Å². The van der Waals surface area contributed by atoms with Crippen molar-refractivity contribution in [3.8, 4) is 0 Å². The normalized spacial score (nSPS) is 21.0. The predicted octanol–water partition coefficient (Wildman–Crippen LogP) is 1.71. The Morgan fingerprint density at radius 2 is 1.79 bits per heavy atom. The van der Waals surface area contributed by atoms with Gasteiger partial charge in [0, 0.05) is 19.6 Å². The second-order valence-electron chi connectivity index (χ2n) is 6.77. The van der Waals surface area contributed by atoms with Gasteiger partial charge in [0.1, 0.15) is 0 Å². The van der Waals surface area contributed by atoms with Crippen LogP contribution in [-0.4, -0.2) is 61.8 Å². The Morgan fingerprint density at radius 3 is 2.29 bits per heavy atom. The van der Waals surface area contributed by atoms with E-state index in [9.17, 15) is 13.2 Å². The lowest BCUT2D eigenvalue weighted by molar-refractivity contribution is -0.136. The van der Waals surface area contributed by atoms with Crippen molar-refractivity contribution in [3.05, 3.63) is 35.4 Å². The van der Waals surface area contributed by atoms with E-state index in [-0.39, 0.29) is 29.5 Å². The monoisotopic (exact) mass is 352 g/mol. The third kappa shape index (κ3) is 4.57. The van der Waals surface area contributed by atoms with Gasteiger partial charge in [-0.05, 0) is 37.9 Å². The van der Waals surface area contributed by atoms with Gasteiger partial charge in [-0.3, -0.25) is 9.69 Å². The molecule has 1 amide bonds. The van der Waals surface area contributed by atoms with Gasteiger partial charge in [0.15, 0.2) is 9.84 Å². The molecule has 1 aromatic rings. The molecular formula is C18H28N2O3S. The summed E-state index contributed by atoms with van der Waals surface area (Å²) >= 11 is 0. The molecule has 0 saturated carbocycles. The van der Waals surface area contributed by atoms with Crippen LogP contribution in [0.25, 0.3) is 0 Å². The molecule has 1 heterocycles. The van der Waals surface area contributed by atoms with Gasteiger partial charge >= 0.3 is 0 Å². The molecule has 24 heavy (non-hydrogen) atoms. The highest BCUT2D eigenvalue weighted by atomic mass is 32.2. The first-order chi connectivity index (χ1) is 11.2. The van der Waals surface area contributed by atoms with Crippen molar-refractivity contribution < 1.29 is 13.2 Å². The van der Waals surface area contributed by atoms with E-state index in [1.54, 1.807) is 11.9 Å². The number of rotatable bonds is 6. The lowest BCUT2D eigenvalue weighted by Gasteiger charge is -2.31. The van der Waals surface area contributed by atoms with Gasteiger partial charge in [0.25, 0.3) is 0 Å². The highest BCUT2D eigenvalue weighted by Crippen LogP contribution is 2.18. The van der Waals surface area contributed by atoms with Gasteiger partial charge in [-0.25, -0.2) is 8.42 Å². The van der Waals surface area contributed by atoms with Crippen LogP contribution < -0.4 is 0 Å². The number of aryl methyl sites for hydroxylation is 1. The zero-order valence-electron chi connectivity index (χ0n) is 15.0. The average molecular weight is 353 g/mol. The van der Waals surface area contributed by atoms with E-state index in [4.69, 9.17) is 0 Å². The molecule has 2 atom stereocenters. The maximum Gasteiger partial charge on any atom is 0.239 e. The summed E-state index contributed by atoms with van der Waals surface area (Å²) in [5, 5.41) is 0. The van der Waals surface area contributed by atoms with Gasteiger partial charge in [0.05, 0.1) is 17.5 Å². The standard InChI is InChI=1S/C18H28N2O3S/c1-5-15-6-8-16(9-7-15)12-19(3)14(2)18(21)20(4)17-10-11-24(22,23)13-17/h6-9,14,17H,5,10-13H2,1-4H3/t14-,17+/m0/s1. The highest BCUT2D eigenvalue weighted by molar-refractivity contribution is 7.91. The lowest BCUT2D eigenvalue weighted by atomic mass is 10.1. The van der Waals surface area contributed by atoms with Crippen LogP contribution in [0.3, 0.4) is 0 Å². The van der Waals surface area contributed by atoms with Gasteiger partial charge in [-0.1, -0.05) is 31.2 Å². The van der Waals surface area contributed by atoms with Crippen LogP contribution in [0.2, 0.25) is 0 Å². The Labute approximate surface area is 145 Å². The number of likely N-dealkylation sites (N-methyl/N-ethyl adjacent to an activating group) is 2. The summed E-state index contributed by atoms with van der Waals surface area (Å²) in [6, 6.07) is 7.95. The summed E-state index contributed by atoms with van der Waals surface area (Å²) in [4.78, 5) is 16.3. The van der Waals surface area contributed by atoms with E-state index in [1.165, 1.54) is 11.1 Å². The first-order valence-electron chi connectivity index (χ1n) is 8.48. The minimum absolute atomic E-state index is 0.0234. The maximum absolute atomic E-state index is 12.7. The Kier molecular flexibility index (Phi) is 6.04. The summed E-state index contributed by atoms with van der Waals surface area (Å²) in [5.41, 5.74) is 2.47. The summed E-state index contributed by atoms with van der Waals surface area (Å²) in [7, 11) is 0.660.